The second kappa shape index (κ2) is 5.21. The summed E-state index contributed by atoms with van der Waals surface area (Å²) >= 11 is 5.83. The monoisotopic (exact) mass is 251 g/mol. The molecule has 1 aromatic heterocycles. The quantitative estimate of drug-likeness (QED) is 0.783. The number of aromatic amines is 1. The number of rotatable bonds is 4. The van der Waals surface area contributed by atoms with E-state index in [-0.39, 0.29) is 11.8 Å². The summed E-state index contributed by atoms with van der Waals surface area (Å²) in [6.07, 6.45) is 3.52. The van der Waals surface area contributed by atoms with Gasteiger partial charge in [0.2, 0.25) is 0 Å². The summed E-state index contributed by atoms with van der Waals surface area (Å²) in [5, 5.41) is 13.0. The SMILES string of the molecule is CC(NCc1ccc(O)c(Cl)c1)c1ncc[nH]1. The van der Waals surface area contributed by atoms with Gasteiger partial charge in [0, 0.05) is 18.9 Å². The number of phenolic OH excluding ortho intramolecular Hbond substituents is 1. The maximum Gasteiger partial charge on any atom is 0.134 e. The summed E-state index contributed by atoms with van der Waals surface area (Å²) in [4.78, 5) is 7.23. The van der Waals surface area contributed by atoms with E-state index in [2.05, 4.69) is 15.3 Å². The lowest BCUT2D eigenvalue weighted by atomic mass is 10.2. The van der Waals surface area contributed by atoms with Crippen LogP contribution in [0.3, 0.4) is 0 Å². The number of phenols is 1. The van der Waals surface area contributed by atoms with Gasteiger partial charge in [0.25, 0.3) is 0 Å². The van der Waals surface area contributed by atoms with E-state index in [1.165, 1.54) is 0 Å². The molecular formula is C12H14ClN3O. The van der Waals surface area contributed by atoms with E-state index in [1.54, 1.807) is 24.5 Å². The first-order chi connectivity index (χ1) is 8.16. The van der Waals surface area contributed by atoms with Crippen molar-refractivity contribution >= 4 is 11.6 Å². The standard InChI is InChI=1S/C12H14ClN3O/c1-8(12-14-4-5-15-12)16-7-9-2-3-11(17)10(13)6-9/h2-6,8,16-17H,7H2,1H3,(H,14,15). The summed E-state index contributed by atoms with van der Waals surface area (Å²) in [6, 6.07) is 5.32. The van der Waals surface area contributed by atoms with Crippen molar-refractivity contribution in [2.24, 2.45) is 0 Å². The van der Waals surface area contributed by atoms with Crippen LogP contribution in [0.4, 0.5) is 0 Å². The number of hydrogen-bond acceptors (Lipinski definition) is 3. The molecule has 1 unspecified atom stereocenters. The molecule has 0 radical (unpaired) electrons. The average molecular weight is 252 g/mol. The lowest BCUT2D eigenvalue weighted by Gasteiger charge is -2.11. The van der Waals surface area contributed by atoms with Crippen molar-refractivity contribution in [3.63, 3.8) is 0 Å². The Kier molecular flexibility index (Phi) is 3.66. The molecule has 0 aliphatic rings. The van der Waals surface area contributed by atoms with Gasteiger partial charge in [-0.25, -0.2) is 4.98 Å². The Morgan fingerprint density at radius 1 is 1.53 bits per heavy atom. The van der Waals surface area contributed by atoms with Crippen LogP contribution in [0, 0.1) is 0 Å². The van der Waals surface area contributed by atoms with Crippen LogP contribution in [0.15, 0.2) is 30.6 Å². The molecule has 0 saturated heterocycles. The highest BCUT2D eigenvalue weighted by atomic mass is 35.5. The van der Waals surface area contributed by atoms with Crippen LogP contribution in [0.25, 0.3) is 0 Å². The van der Waals surface area contributed by atoms with Crippen LogP contribution < -0.4 is 5.32 Å². The molecule has 0 aliphatic carbocycles. The predicted octanol–water partition coefficient (Wildman–Crippen LogP) is 2.62. The molecule has 0 aliphatic heterocycles. The zero-order chi connectivity index (χ0) is 12.3. The zero-order valence-corrected chi connectivity index (χ0v) is 10.2. The van der Waals surface area contributed by atoms with Gasteiger partial charge in [-0.15, -0.1) is 0 Å². The van der Waals surface area contributed by atoms with Crippen molar-refractivity contribution in [1.29, 1.82) is 0 Å². The van der Waals surface area contributed by atoms with Crippen LogP contribution in [-0.4, -0.2) is 15.1 Å². The second-order valence-corrected chi connectivity index (χ2v) is 4.27. The predicted molar refractivity (Wildman–Crippen MR) is 67.0 cm³/mol. The molecular weight excluding hydrogens is 238 g/mol. The number of nitrogens with zero attached hydrogens (tertiary/aromatic N) is 1. The summed E-state index contributed by atoms with van der Waals surface area (Å²) in [7, 11) is 0. The van der Waals surface area contributed by atoms with E-state index in [0.29, 0.717) is 11.6 Å². The third-order valence-electron chi connectivity index (χ3n) is 2.55. The number of nitrogens with one attached hydrogen (secondary N) is 2. The Morgan fingerprint density at radius 2 is 2.35 bits per heavy atom. The summed E-state index contributed by atoms with van der Waals surface area (Å²) in [5.41, 5.74) is 1.02. The highest BCUT2D eigenvalue weighted by Crippen LogP contribution is 2.23. The van der Waals surface area contributed by atoms with E-state index in [9.17, 15) is 5.11 Å². The number of H-pyrrole nitrogens is 1. The highest BCUT2D eigenvalue weighted by molar-refractivity contribution is 6.32. The highest BCUT2D eigenvalue weighted by Gasteiger charge is 2.07. The molecule has 0 fully saturated rings. The van der Waals surface area contributed by atoms with E-state index < -0.39 is 0 Å². The minimum absolute atomic E-state index is 0.106. The van der Waals surface area contributed by atoms with Gasteiger partial charge >= 0.3 is 0 Å². The molecule has 1 aromatic carbocycles. The number of aromatic nitrogens is 2. The number of imidazole rings is 1. The smallest absolute Gasteiger partial charge is 0.134 e. The molecule has 90 valence electrons. The van der Waals surface area contributed by atoms with E-state index in [0.717, 1.165) is 11.4 Å². The van der Waals surface area contributed by atoms with Crippen LogP contribution >= 0.6 is 11.6 Å². The molecule has 17 heavy (non-hydrogen) atoms. The lowest BCUT2D eigenvalue weighted by molar-refractivity contribution is 0.475. The van der Waals surface area contributed by atoms with Gasteiger partial charge < -0.3 is 15.4 Å². The molecule has 2 aromatic rings. The first kappa shape index (κ1) is 12.0. The van der Waals surface area contributed by atoms with Gasteiger partial charge in [-0.1, -0.05) is 17.7 Å². The Hall–Kier alpha value is -1.52. The first-order valence-corrected chi connectivity index (χ1v) is 5.74. The Bertz CT molecular complexity index is 485. The van der Waals surface area contributed by atoms with Crippen LogP contribution in [0.2, 0.25) is 5.02 Å². The normalized spacial score (nSPS) is 12.6. The summed E-state index contributed by atoms with van der Waals surface area (Å²) < 4.78 is 0. The molecule has 0 bridgehead atoms. The lowest BCUT2D eigenvalue weighted by Crippen LogP contribution is -2.19. The fourth-order valence-corrected chi connectivity index (χ4v) is 1.75. The summed E-state index contributed by atoms with van der Waals surface area (Å²) in [5.74, 6) is 1.00. The molecule has 2 rings (SSSR count). The van der Waals surface area contributed by atoms with E-state index in [1.807, 2.05) is 13.0 Å². The minimum Gasteiger partial charge on any atom is -0.506 e. The van der Waals surface area contributed by atoms with Gasteiger partial charge in [0.05, 0.1) is 11.1 Å². The molecule has 0 amide bonds. The van der Waals surface area contributed by atoms with Gasteiger partial charge in [0.15, 0.2) is 0 Å². The van der Waals surface area contributed by atoms with E-state index in [4.69, 9.17) is 11.6 Å². The largest absolute Gasteiger partial charge is 0.506 e. The number of hydrogen-bond donors (Lipinski definition) is 3. The van der Waals surface area contributed by atoms with Crippen molar-refractivity contribution in [2.75, 3.05) is 0 Å². The van der Waals surface area contributed by atoms with Crippen molar-refractivity contribution in [3.05, 3.63) is 47.0 Å². The maximum absolute atomic E-state index is 9.30. The topological polar surface area (TPSA) is 60.9 Å². The second-order valence-electron chi connectivity index (χ2n) is 3.86. The Labute approximate surface area is 105 Å². The third-order valence-corrected chi connectivity index (χ3v) is 2.86. The Morgan fingerprint density at radius 3 is 3.00 bits per heavy atom. The minimum atomic E-state index is 0.106. The molecule has 1 atom stereocenters. The molecule has 5 heteroatoms. The van der Waals surface area contributed by atoms with Crippen LogP contribution in [0.5, 0.6) is 5.75 Å². The molecule has 1 heterocycles. The van der Waals surface area contributed by atoms with Crippen molar-refractivity contribution in [3.8, 4) is 5.75 Å². The fourth-order valence-electron chi connectivity index (χ4n) is 1.54. The molecule has 0 spiro atoms. The van der Waals surface area contributed by atoms with Crippen molar-refractivity contribution < 1.29 is 5.11 Å². The van der Waals surface area contributed by atoms with Crippen molar-refractivity contribution in [1.82, 2.24) is 15.3 Å². The van der Waals surface area contributed by atoms with Crippen LogP contribution in [0.1, 0.15) is 24.4 Å². The van der Waals surface area contributed by atoms with E-state index >= 15 is 0 Å². The molecule has 0 saturated carbocycles. The van der Waals surface area contributed by atoms with Crippen LogP contribution in [-0.2, 0) is 6.54 Å². The number of aromatic hydroxyl groups is 1. The van der Waals surface area contributed by atoms with Gasteiger partial charge in [0.1, 0.15) is 11.6 Å². The zero-order valence-electron chi connectivity index (χ0n) is 9.44. The fraction of sp³-hybridized carbons (Fsp3) is 0.250. The number of halogens is 1. The molecule has 3 N–H and O–H groups in total. The Balaban J connectivity index is 1.96. The summed E-state index contributed by atoms with van der Waals surface area (Å²) in [6.45, 7) is 2.70. The van der Waals surface area contributed by atoms with Gasteiger partial charge in [-0.2, -0.15) is 0 Å². The van der Waals surface area contributed by atoms with Gasteiger partial charge in [-0.3, -0.25) is 0 Å². The van der Waals surface area contributed by atoms with Crippen molar-refractivity contribution in [2.45, 2.75) is 19.5 Å². The third kappa shape index (κ3) is 2.99. The maximum atomic E-state index is 9.30. The first-order valence-electron chi connectivity index (χ1n) is 5.37. The number of benzene rings is 1. The van der Waals surface area contributed by atoms with Gasteiger partial charge in [-0.05, 0) is 24.6 Å². The average Bonchev–Trinajstić information content (AvgIpc) is 2.84. The molecule has 4 nitrogen and oxygen atoms in total.